The average Bonchev–Trinajstić information content (AvgIpc) is 3.14. The zero-order valence-corrected chi connectivity index (χ0v) is 16.9. The van der Waals surface area contributed by atoms with Crippen LogP contribution in [0.1, 0.15) is 57.6 Å². The third kappa shape index (κ3) is 2.40. The first-order valence-electron chi connectivity index (χ1n) is 10.2. The fourth-order valence-corrected chi connectivity index (χ4v) is 7.14. The van der Waals surface area contributed by atoms with Gasteiger partial charge in [-0.15, -0.1) is 0 Å². The summed E-state index contributed by atoms with van der Waals surface area (Å²) in [5.74, 6) is -0.507. The van der Waals surface area contributed by atoms with Gasteiger partial charge in [0, 0.05) is 29.7 Å². The lowest BCUT2D eigenvalue weighted by Gasteiger charge is -2.64. The van der Waals surface area contributed by atoms with Crippen LogP contribution in [0.5, 0.6) is 0 Å². The Morgan fingerprint density at radius 2 is 1.96 bits per heavy atom. The minimum absolute atomic E-state index is 0.0178. The van der Waals surface area contributed by atoms with E-state index >= 15 is 0 Å². The molecule has 1 heterocycles. The summed E-state index contributed by atoms with van der Waals surface area (Å²) in [6.45, 7) is 5.11. The van der Waals surface area contributed by atoms with E-state index in [2.05, 4.69) is 6.92 Å². The lowest BCUT2D eigenvalue weighted by Crippen LogP contribution is -2.66. The number of aliphatic hydroxyl groups excluding tert-OH is 2. The molecule has 2 fully saturated rings. The van der Waals surface area contributed by atoms with Crippen molar-refractivity contribution in [1.82, 2.24) is 0 Å². The number of esters is 1. The topological polar surface area (TPSA) is 97.0 Å². The van der Waals surface area contributed by atoms with Crippen molar-refractivity contribution in [2.45, 2.75) is 64.4 Å². The van der Waals surface area contributed by atoms with E-state index in [1.54, 1.807) is 12.5 Å². The quantitative estimate of drug-likeness (QED) is 0.769. The first kappa shape index (κ1) is 19.6. The van der Waals surface area contributed by atoms with Crippen molar-refractivity contribution in [2.24, 2.45) is 22.7 Å². The second-order valence-corrected chi connectivity index (χ2v) is 9.61. The number of hydrogen-bond acceptors (Lipinski definition) is 6. The Morgan fingerprint density at radius 1 is 1.21 bits per heavy atom. The second kappa shape index (κ2) is 6.42. The van der Waals surface area contributed by atoms with Gasteiger partial charge < -0.3 is 19.4 Å². The summed E-state index contributed by atoms with van der Waals surface area (Å²) in [6.07, 6.45) is 6.16. The summed E-state index contributed by atoms with van der Waals surface area (Å²) in [7, 11) is 0. The molecule has 6 atom stereocenters. The number of Topliss-reactive ketones (excluding diaryl/α,β-unsaturated/α-hetero) is 1. The molecule has 3 aliphatic rings. The molecule has 2 saturated carbocycles. The number of carbonyl (C=O) groups is 2. The van der Waals surface area contributed by atoms with E-state index in [9.17, 15) is 19.8 Å². The zero-order chi connectivity index (χ0) is 20.3. The highest BCUT2D eigenvalue weighted by atomic mass is 16.5. The Morgan fingerprint density at radius 3 is 2.61 bits per heavy atom. The molecule has 0 radical (unpaired) electrons. The maximum atomic E-state index is 13.2. The molecule has 6 heteroatoms. The van der Waals surface area contributed by atoms with Gasteiger partial charge >= 0.3 is 5.97 Å². The van der Waals surface area contributed by atoms with Crippen molar-refractivity contribution in [3.63, 3.8) is 0 Å². The number of aryl methyl sites for hydroxylation is 1. The van der Waals surface area contributed by atoms with Crippen molar-refractivity contribution in [3.05, 3.63) is 23.7 Å². The van der Waals surface area contributed by atoms with Crippen LogP contribution in [0, 0.1) is 22.7 Å². The van der Waals surface area contributed by atoms with E-state index in [-0.39, 0.29) is 36.2 Å². The van der Waals surface area contributed by atoms with Crippen LogP contribution in [0.3, 0.4) is 0 Å². The van der Waals surface area contributed by atoms with Crippen LogP contribution in [-0.4, -0.2) is 41.3 Å². The predicted molar refractivity (Wildman–Crippen MR) is 100 cm³/mol. The maximum Gasteiger partial charge on any atom is 0.303 e. The first-order chi connectivity index (χ1) is 13.2. The molecular weight excluding hydrogens is 360 g/mol. The summed E-state index contributed by atoms with van der Waals surface area (Å²) >= 11 is 0. The monoisotopic (exact) mass is 390 g/mol. The third-order valence-electron chi connectivity index (χ3n) is 8.27. The van der Waals surface area contributed by atoms with Gasteiger partial charge in [-0.25, -0.2) is 0 Å². The summed E-state index contributed by atoms with van der Waals surface area (Å²) in [5.41, 5.74) is 0.592. The molecule has 2 N–H and O–H groups in total. The van der Waals surface area contributed by atoms with E-state index in [1.807, 2.05) is 6.92 Å². The molecule has 3 aliphatic carbocycles. The highest BCUT2D eigenvalue weighted by Gasteiger charge is 2.66. The molecule has 28 heavy (non-hydrogen) atoms. The van der Waals surface area contributed by atoms with Crippen molar-refractivity contribution >= 4 is 11.8 Å². The Kier molecular flexibility index (Phi) is 4.51. The lowest BCUT2D eigenvalue weighted by molar-refractivity contribution is -0.202. The number of hydrogen-bond donors (Lipinski definition) is 2. The minimum Gasteiger partial charge on any atom is -0.472 e. The summed E-state index contributed by atoms with van der Waals surface area (Å²) < 4.78 is 10.9. The number of aliphatic hydroxyl groups is 2. The van der Waals surface area contributed by atoms with Crippen LogP contribution in [0.15, 0.2) is 16.9 Å². The summed E-state index contributed by atoms with van der Waals surface area (Å²) in [4.78, 5) is 24.8. The number of ether oxygens (including phenoxy) is 1. The molecule has 1 aromatic rings. The van der Waals surface area contributed by atoms with E-state index in [1.165, 1.54) is 6.92 Å². The van der Waals surface area contributed by atoms with Gasteiger partial charge in [0.2, 0.25) is 0 Å². The predicted octanol–water partition coefficient (Wildman–Crippen LogP) is 2.39. The number of carbonyl (C=O) groups excluding carboxylic acids is 2. The van der Waals surface area contributed by atoms with Gasteiger partial charge in [0.05, 0.1) is 25.7 Å². The lowest BCUT2D eigenvalue weighted by atomic mass is 9.40. The normalized spacial score (nSPS) is 42.3. The molecule has 0 unspecified atom stereocenters. The van der Waals surface area contributed by atoms with E-state index < -0.39 is 22.9 Å². The molecule has 0 amide bonds. The van der Waals surface area contributed by atoms with Crippen molar-refractivity contribution < 1.29 is 29.0 Å². The average molecular weight is 390 g/mol. The van der Waals surface area contributed by atoms with Gasteiger partial charge in [-0.1, -0.05) is 13.8 Å². The molecule has 0 spiro atoms. The number of ketones is 1. The van der Waals surface area contributed by atoms with Gasteiger partial charge in [0.15, 0.2) is 11.9 Å². The van der Waals surface area contributed by atoms with Crippen LogP contribution >= 0.6 is 0 Å². The number of fused-ring (bicyclic) bond motifs is 5. The van der Waals surface area contributed by atoms with Gasteiger partial charge in [0.25, 0.3) is 0 Å². The molecule has 1 aromatic heterocycles. The van der Waals surface area contributed by atoms with E-state index in [0.29, 0.717) is 6.42 Å². The SMILES string of the molecule is CC(=O)O[C@H]1C(=O)C[C@@]2(C)[C@@H](CC[C@@]3(CO)c4cocc4CC[C@@H]32)[C@@]1(C)CO. The minimum atomic E-state index is -0.914. The Labute approximate surface area is 165 Å². The Hall–Kier alpha value is -1.66. The highest BCUT2D eigenvalue weighted by Crippen LogP contribution is 2.66. The van der Waals surface area contributed by atoms with Crippen molar-refractivity contribution in [1.29, 1.82) is 0 Å². The zero-order valence-electron chi connectivity index (χ0n) is 16.9. The largest absolute Gasteiger partial charge is 0.472 e. The molecule has 6 nitrogen and oxygen atoms in total. The molecule has 0 bridgehead atoms. The van der Waals surface area contributed by atoms with Crippen molar-refractivity contribution in [2.75, 3.05) is 13.2 Å². The smallest absolute Gasteiger partial charge is 0.303 e. The van der Waals surface area contributed by atoms with E-state index in [4.69, 9.17) is 9.15 Å². The van der Waals surface area contributed by atoms with Gasteiger partial charge in [-0.2, -0.15) is 0 Å². The number of rotatable bonds is 3. The maximum absolute atomic E-state index is 13.2. The van der Waals surface area contributed by atoms with E-state index in [0.717, 1.165) is 36.8 Å². The van der Waals surface area contributed by atoms with Crippen molar-refractivity contribution in [3.8, 4) is 0 Å². The fourth-order valence-electron chi connectivity index (χ4n) is 7.14. The number of furan rings is 1. The third-order valence-corrected chi connectivity index (χ3v) is 8.27. The molecule has 4 rings (SSSR count). The molecule has 154 valence electrons. The van der Waals surface area contributed by atoms with Gasteiger partial charge in [-0.3, -0.25) is 9.59 Å². The van der Waals surface area contributed by atoms with Crippen LogP contribution in [0.25, 0.3) is 0 Å². The molecule has 0 saturated heterocycles. The molecular formula is C22H30O6. The first-order valence-corrected chi connectivity index (χ1v) is 10.2. The van der Waals surface area contributed by atoms with Crippen LogP contribution < -0.4 is 0 Å². The van der Waals surface area contributed by atoms with Gasteiger partial charge in [-0.05, 0) is 48.5 Å². The fraction of sp³-hybridized carbons (Fsp3) is 0.727. The van der Waals surface area contributed by atoms with Crippen LogP contribution in [0.4, 0.5) is 0 Å². The Bertz CT molecular complexity index is 799. The highest BCUT2D eigenvalue weighted by molar-refractivity contribution is 5.88. The molecule has 0 aliphatic heterocycles. The Balaban J connectivity index is 1.80. The van der Waals surface area contributed by atoms with Crippen LogP contribution in [0.2, 0.25) is 0 Å². The summed E-state index contributed by atoms with van der Waals surface area (Å²) in [5, 5.41) is 20.9. The standard InChI is InChI=1S/C22H30O6/c1-13(25)28-19-16(26)8-20(2)17(21(19,3)11-23)6-7-22(12-24)15-10-27-9-14(15)4-5-18(20)22/h9-10,17-19,23-24H,4-8,11-12H2,1-3H3/t17-,18-,19+,20+,21-,22-/m1/s1. The molecule has 0 aromatic carbocycles. The van der Waals surface area contributed by atoms with Gasteiger partial charge in [0.1, 0.15) is 0 Å². The van der Waals surface area contributed by atoms with Crippen LogP contribution in [-0.2, 0) is 26.2 Å². The second-order valence-electron chi connectivity index (χ2n) is 9.61. The summed E-state index contributed by atoms with van der Waals surface area (Å²) in [6, 6.07) is 0.